The summed E-state index contributed by atoms with van der Waals surface area (Å²) in [4.78, 5) is 0. The van der Waals surface area contributed by atoms with Crippen LogP contribution in [0.15, 0.2) is 24.3 Å². The fourth-order valence-electron chi connectivity index (χ4n) is 3.39. The molecule has 2 aliphatic heterocycles. The minimum absolute atomic E-state index is 0.162. The fraction of sp³-hybridized carbons (Fsp3) is 0.571. The number of hydrogen-bond acceptors (Lipinski definition) is 3. The molecule has 92 valence electrons. The lowest BCUT2D eigenvalue weighted by molar-refractivity contribution is -0.0527. The highest BCUT2D eigenvalue weighted by molar-refractivity contribution is 5.31. The van der Waals surface area contributed by atoms with E-state index in [1.54, 1.807) is 19.2 Å². The van der Waals surface area contributed by atoms with Crippen molar-refractivity contribution in [3.05, 3.63) is 29.8 Å². The van der Waals surface area contributed by atoms with Gasteiger partial charge in [-0.15, -0.1) is 0 Å². The van der Waals surface area contributed by atoms with Crippen molar-refractivity contribution in [2.24, 2.45) is 0 Å². The zero-order valence-corrected chi connectivity index (χ0v) is 10.1. The molecule has 17 heavy (non-hydrogen) atoms. The fourth-order valence-corrected chi connectivity index (χ4v) is 3.39. The van der Waals surface area contributed by atoms with Crippen molar-refractivity contribution in [2.45, 2.75) is 43.4 Å². The minimum atomic E-state index is -0.162. The van der Waals surface area contributed by atoms with E-state index in [1.807, 2.05) is 12.1 Å². The Balaban J connectivity index is 1.94. The van der Waals surface area contributed by atoms with Gasteiger partial charge in [0.15, 0.2) is 0 Å². The van der Waals surface area contributed by atoms with Gasteiger partial charge in [0.2, 0.25) is 0 Å². The van der Waals surface area contributed by atoms with E-state index in [-0.39, 0.29) is 5.60 Å². The van der Waals surface area contributed by atoms with Crippen molar-refractivity contribution in [2.75, 3.05) is 7.11 Å². The lowest BCUT2D eigenvalue weighted by Gasteiger charge is -2.40. The molecule has 0 spiro atoms. The van der Waals surface area contributed by atoms with E-state index in [9.17, 15) is 5.11 Å². The van der Waals surface area contributed by atoms with Gasteiger partial charge in [-0.05, 0) is 43.4 Å². The summed E-state index contributed by atoms with van der Waals surface area (Å²) in [6.45, 7) is 0. The highest BCUT2D eigenvalue weighted by atomic mass is 16.5. The Morgan fingerprint density at radius 2 is 1.76 bits per heavy atom. The van der Waals surface area contributed by atoms with E-state index in [0.29, 0.717) is 17.8 Å². The molecule has 2 fully saturated rings. The predicted octanol–water partition coefficient (Wildman–Crippen LogP) is 2.15. The van der Waals surface area contributed by atoms with Gasteiger partial charge in [0.25, 0.3) is 0 Å². The van der Waals surface area contributed by atoms with Crippen LogP contribution in [0, 0.1) is 0 Å². The van der Waals surface area contributed by atoms with E-state index in [1.165, 1.54) is 18.4 Å². The second kappa shape index (κ2) is 4.00. The Morgan fingerprint density at radius 1 is 1.18 bits per heavy atom. The Morgan fingerprint density at radius 3 is 2.29 bits per heavy atom. The number of phenolic OH excluding ortho intramolecular Hbond substituents is 1. The van der Waals surface area contributed by atoms with Crippen LogP contribution >= 0.6 is 0 Å². The summed E-state index contributed by atoms with van der Waals surface area (Å²) in [5.41, 5.74) is 1.03. The number of nitrogens with one attached hydrogen (secondary N) is 1. The molecule has 2 heterocycles. The Bertz CT molecular complexity index is 389. The van der Waals surface area contributed by atoms with Crippen LogP contribution in [0.25, 0.3) is 0 Å². The van der Waals surface area contributed by atoms with Crippen LogP contribution in [0.1, 0.15) is 31.2 Å². The molecule has 0 radical (unpaired) electrons. The first-order valence-corrected chi connectivity index (χ1v) is 6.32. The van der Waals surface area contributed by atoms with Gasteiger partial charge in [0, 0.05) is 19.2 Å². The number of aromatic hydroxyl groups is 1. The molecule has 2 saturated heterocycles. The minimum Gasteiger partial charge on any atom is -0.508 e. The molecular weight excluding hydrogens is 214 g/mol. The van der Waals surface area contributed by atoms with Gasteiger partial charge in [-0.1, -0.05) is 12.1 Å². The average molecular weight is 233 g/mol. The molecule has 3 heteroatoms. The highest BCUT2D eigenvalue weighted by Crippen LogP contribution is 2.43. The van der Waals surface area contributed by atoms with Crippen molar-refractivity contribution < 1.29 is 9.84 Å². The van der Waals surface area contributed by atoms with E-state index in [4.69, 9.17) is 4.74 Å². The van der Waals surface area contributed by atoms with Crippen LogP contribution in [0.5, 0.6) is 5.75 Å². The lowest BCUT2D eigenvalue weighted by atomic mass is 9.81. The SMILES string of the molecule is COC1(c2ccc(O)cc2)CC2CCC(C1)N2. The van der Waals surface area contributed by atoms with Crippen LogP contribution in [-0.4, -0.2) is 24.3 Å². The normalized spacial score (nSPS) is 36.1. The van der Waals surface area contributed by atoms with Crippen molar-refractivity contribution in [3.63, 3.8) is 0 Å². The third kappa shape index (κ3) is 1.83. The molecule has 1 aromatic carbocycles. The molecule has 2 atom stereocenters. The van der Waals surface area contributed by atoms with Gasteiger partial charge in [0.1, 0.15) is 5.75 Å². The maximum Gasteiger partial charge on any atom is 0.115 e. The van der Waals surface area contributed by atoms with Crippen LogP contribution in [0.2, 0.25) is 0 Å². The quantitative estimate of drug-likeness (QED) is 0.822. The van der Waals surface area contributed by atoms with E-state index >= 15 is 0 Å². The molecule has 1 aromatic rings. The average Bonchev–Trinajstić information content (AvgIpc) is 2.69. The Hall–Kier alpha value is -1.06. The summed E-state index contributed by atoms with van der Waals surface area (Å²) in [5, 5.41) is 13.0. The number of phenols is 1. The maximum absolute atomic E-state index is 9.37. The van der Waals surface area contributed by atoms with Gasteiger partial charge < -0.3 is 15.2 Å². The Kier molecular flexibility index (Phi) is 2.60. The Labute approximate surface area is 102 Å². The third-order valence-corrected chi connectivity index (χ3v) is 4.27. The van der Waals surface area contributed by atoms with E-state index in [2.05, 4.69) is 5.32 Å². The van der Waals surface area contributed by atoms with Crippen molar-refractivity contribution in [1.29, 1.82) is 0 Å². The summed E-state index contributed by atoms with van der Waals surface area (Å²) in [5.74, 6) is 0.317. The van der Waals surface area contributed by atoms with E-state index in [0.717, 1.165) is 12.8 Å². The first-order chi connectivity index (χ1) is 8.22. The van der Waals surface area contributed by atoms with Gasteiger partial charge in [-0.2, -0.15) is 0 Å². The molecule has 0 aromatic heterocycles. The molecular formula is C14H19NO2. The molecule has 0 amide bonds. The van der Waals surface area contributed by atoms with Crippen LogP contribution < -0.4 is 5.32 Å². The van der Waals surface area contributed by atoms with Crippen LogP contribution in [-0.2, 0) is 10.3 Å². The van der Waals surface area contributed by atoms with Crippen LogP contribution in [0.4, 0.5) is 0 Å². The maximum atomic E-state index is 9.37. The van der Waals surface area contributed by atoms with Crippen molar-refractivity contribution in [1.82, 2.24) is 5.32 Å². The number of piperidine rings is 1. The molecule has 2 aliphatic rings. The third-order valence-electron chi connectivity index (χ3n) is 4.27. The summed E-state index contributed by atoms with van der Waals surface area (Å²) in [7, 11) is 1.80. The number of hydrogen-bond donors (Lipinski definition) is 2. The second-order valence-corrected chi connectivity index (χ2v) is 5.29. The zero-order valence-electron chi connectivity index (χ0n) is 10.1. The molecule has 0 aliphatic carbocycles. The molecule has 0 saturated carbocycles. The van der Waals surface area contributed by atoms with E-state index < -0.39 is 0 Å². The second-order valence-electron chi connectivity index (χ2n) is 5.29. The molecule has 2 unspecified atom stereocenters. The number of fused-ring (bicyclic) bond motifs is 2. The summed E-state index contributed by atoms with van der Waals surface area (Å²) >= 11 is 0. The van der Waals surface area contributed by atoms with Crippen LogP contribution in [0.3, 0.4) is 0 Å². The largest absolute Gasteiger partial charge is 0.508 e. The van der Waals surface area contributed by atoms with Gasteiger partial charge in [-0.25, -0.2) is 0 Å². The number of rotatable bonds is 2. The summed E-state index contributed by atoms with van der Waals surface area (Å²) in [6, 6.07) is 8.65. The predicted molar refractivity (Wildman–Crippen MR) is 66.0 cm³/mol. The van der Waals surface area contributed by atoms with Gasteiger partial charge in [-0.3, -0.25) is 0 Å². The molecule has 2 N–H and O–H groups in total. The highest BCUT2D eigenvalue weighted by Gasteiger charge is 2.44. The molecule has 2 bridgehead atoms. The molecule has 3 rings (SSSR count). The summed E-state index contributed by atoms with van der Waals surface area (Å²) < 4.78 is 5.86. The first-order valence-electron chi connectivity index (χ1n) is 6.32. The zero-order chi connectivity index (χ0) is 11.9. The number of ether oxygens (including phenoxy) is 1. The topological polar surface area (TPSA) is 41.5 Å². The van der Waals surface area contributed by atoms with Crippen molar-refractivity contribution >= 4 is 0 Å². The first kappa shape index (κ1) is 11.1. The standard InChI is InChI=1S/C14H19NO2/c1-17-14(10-2-6-13(16)7-3-10)8-11-4-5-12(9-14)15-11/h2-3,6-7,11-12,15-16H,4-5,8-9H2,1H3. The molecule has 3 nitrogen and oxygen atoms in total. The monoisotopic (exact) mass is 233 g/mol. The van der Waals surface area contributed by atoms with Crippen molar-refractivity contribution in [3.8, 4) is 5.75 Å². The van der Waals surface area contributed by atoms with Gasteiger partial charge in [0.05, 0.1) is 5.60 Å². The summed E-state index contributed by atoms with van der Waals surface area (Å²) in [6.07, 6.45) is 4.58. The van der Waals surface area contributed by atoms with Gasteiger partial charge >= 0.3 is 0 Å². The lowest BCUT2D eigenvalue weighted by Crippen LogP contribution is -2.47. The number of benzene rings is 1. The smallest absolute Gasteiger partial charge is 0.115 e. The number of methoxy groups -OCH3 is 1.